The zero-order chi connectivity index (χ0) is 17.9. The van der Waals surface area contributed by atoms with Gasteiger partial charge in [0.15, 0.2) is 0 Å². The largest absolute Gasteiger partial charge is 0.465 e. The van der Waals surface area contributed by atoms with Crippen LogP contribution in [0.4, 0.5) is 0 Å². The molecule has 0 spiro atoms. The summed E-state index contributed by atoms with van der Waals surface area (Å²) in [4.78, 5) is 12.0. The lowest BCUT2D eigenvalue weighted by molar-refractivity contribution is -0.149. The topological polar surface area (TPSA) is 35.5 Å². The molecule has 2 aliphatic rings. The number of esters is 1. The first-order valence-corrected chi connectivity index (χ1v) is 10.6. The molecule has 0 aliphatic heterocycles. The lowest BCUT2D eigenvalue weighted by Crippen LogP contribution is -2.22. The van der Waals surface area contributed by atoms with Crippen molar-refractivity contribution >= 4 is 5.97 Å². The first-order chi connectivity index (χ1) is 12.2. The Kier molecular flexibility index (Phi) is 9.60. The maximum atomic E-state index is 12.0. The zero-order valence-electron chi connectivity index (χ0n) is 16.3. The van der Waals surface area contributed by atoms with E-state index < -0.39 is 0 Å². The van der Waals surface area contributed by atoms with Crippen LogP contribution in [-0.2, 0) is 14.3 Å². The molecule has 0 amide bonds. The minimum absolute atomic E-state index is 0.0125. The highest BCUT2D eigenvalue weighted by Crippen LogP contribution is 2.29. The quantitative estimate of drug-likeness (QED) is 0.283. The maximum Gasteiger partial charge on any atom is 0.308 e. The maximum absolute atomic E-state index is 12.0. The van der Waals surface area contributed by atoms with E-state index in [9.17, 15) is 4.79 Å². The van der Waals surface area contributed by atoms with E-state index in [0.29, 0.717) is 12.7 Å². The van der Waals surface area contributed by atoms with Crippen molar-refractivity contribution in [1.29, 1.82) is 0 Å². The van der Waals surface area contributed by atoms with Gasteiger partial charge in [-0.3, -0.25) is 4.79 Å². The van der Waals surface area contributed by atoms with Crippen molar-refractivity contribution < 1.29 is 14.3 Å². The molecule has 0 saturated heterocycles. The third kappa shape index (κ3) is 7.94. The lowest BCUT2D eigenvalue weighted by Gasteiger charge is -2.27. The van der Waals surface area contributed by atoms with Crippen LogP contribution in [0.15, 0.2) is 12.2 Å². The van der Waals surface area contributed by atoms with Crippen molar-refractivity contribution in [3.05, 3.63) is 12.2 Å². The Balaban J connectivity index is 1.38. The van der Waals surface area contributed by atoms with Crippen molar-refractivity contribution in [3.63, 3.8) is 0 Å². The fourth-order valence-corrected chi connectivity index (χ4v) is 4.07. The molecule has 0 bridgehead atoms. The highest BCUT2D eigenvalue weighted by Gasteiger charge is 2.23. The Labute approximate surface area is 154 Å². The van der Waals surface area contributed by atoms with E-state index in [2.05, 4.69) is 13.5 Å². The van der Waals surface area contributed by atoms with Crippen LogP contribution >= 0.6 is 0 Å². The number of carbonyl (C=O) groups excluding carboxylic acids is 1. The predicted molar refractivity (Wildman–Crippen MR) is 103 cm³/mol. The van der Waals surface area contributed by atoms with Crippen LogP contribution in [0.1, 0.15) is 90.4 Å². The van der Waals surface area contributed by atoms with E-state index in [1.165, 1.54) is 44.1 Å². The normalized spacial score (nSPS) is 25.1. The summed E-state index contributed by atoms with van der Waals surface area (Å²) in [5, 5.41) is 0. The number of rotatable bonds is 10. The summed E-state index contributed by atoms with van der Waals surface area (Å²) in [5.41, 5.74) is 1.28. The van der Waals surface area contributed by atoms with E-state index in [-0.39, 0.29) is 11.9 Å². The average Bonchev–Trinajstić information content (AvgIpc) is 2.64. The molecule has 25 heavy (non-hydrogen) atoms. The van der Waals surface area contributed by atoms with Gasteiger partial charge in [-0.05, 0) is 76.5 Å². The Bertz CT molecular complexity index is 386. The van der Waals surface area contributed by atoms with Gasteiger partial charge in [-0.25, -0.2) is 0 Å². The van der Waals surface area contributed by atoms with Crippen molar-refractivity contribution in [1.82, 2.24) is 0 Å². The number of unbranched alkanes of at least 4 members (excludes halogenated alkanes) is 3. The van der Waals surface area contributed by atoms with Crippen LogP contribution in [0.25, 0.3) is 0 Å². The standard InChI is InChI=1S/C22H38O3/c1-3-19-10-14-21(15-11-19)24-16-6-4-5-7-17-25-22(23)20-12-8-18(2)9-13-20/h19-21H,2-17H2,1H3. The molecule has 0 atom stereocenters. The summed E-state index contributed by atoms with van der Waals surface area (Å²) in [5.74, 6) is 1.07. The molecule has 3 nitrogen and oxygen atoms in total. The average molecular weight is 351 g/mol. The highest BCUT2D eigenvalue weighted by atomic mass is 16.5. The van der Waals surface area contributed by atoms with Crippen LogP contribution in [0.5, 0.6) is 0 Å². The second kappa shape index (κ2) is 11.7. The molecule has 2 rings (SSSR count). The summed E-state index contributed by atoms with van der Waals surface area (Å²) in [6.45, 7) is 7.77. The summed E-state index contributed by atoms with van der Waals surface area (Å²) in [6, 6.07) is 0. The Morgan fingerprint density at radius 3 is 2.24 bits per heavy atom. The molecular weight excluding hydrogens is 312 g/mol. The van der Waals surface area contributed by atoms with Crippen LogP contribution in [0.3, 0.4) is 0 Å². The molecule has 3 heteroatoms. The van der Waals surface area contributed by atoms with Crippen molar-refractivity contribution in [3.8, 4) is 0 Å². The summed E-state index contributed by atoms with van der Waals surface area (Å²) < 4.78 is 11.5. The highest BCUT2D eigenvalue weighted by molar-refractivity contribution is 5.72. The van der Waals surface area contributed by atoms with Crippen molar-refractivity contribution in [2.45, 2.75) is 96.5 Å². The van der Waals surface area contributed by atoms with Gasteiger partial charge >= 0.3 is 5.97 Å². The molecule has 0 heterocycles. The number of ether oxygens (including phenoxy) is 2. The SMILES string of the molecule is C=C1CCC(C(=O)OCCCCCCOC2CCC(CC)CC2)CC1. The molecular formula is C22H38O3. The predicted octanol–water partition coefficient (Wildman–Crippen LogP) is 5.82. The van der Waals surface area contributed by atoms with E-state index in [1.54, 1.807) is 0 Å². The molecule has 144 valence electrons. The molecule has 0 aromatic rings. The van der Waals surface area contributed by atoms with Gasteiger partial charge < -0.3 is 9.47 Å². The van der Waals surface area contributed by atoms with Gasteiger partial charge in [-0.2, -0.15) is 0 Å². The van der Waals surface area contributed by atoms with Crippen LogP contribution in [0, 0.1) is 11.8 Å². The van der Waals surface area contributed by atoms with E-state index in [0.717, 1.165) is 57.5 Å². The first-order valence-electron chi connectivity index (χ1n) is 10.6. The molecule has 0 unspecified atom stereocenters. The third-order valence-electron chi connectivity index (χ3n) is 6.03. The molecule has 2 fully saturated rings. The van der Waals surface area contributed by atoms with Gasteiger partial charge in [0.25, 0.3) is 0 Å². The second-order valence-electron chi connectivity index (χ2n) is 8.03. The summed E-state index contributed by atoms with van der Waals surface area (Å²) >= 11 is 0. The van der Waals surface area contributed by atoms with Gasteiger partial charge in [0.2, 0.25) is 0 Å². The zero-order valence-corrected chi connectivity index (χ0v) is 16.3. The van der Waals surface area contributed by atoms with Crippen molar-refractivity contribution in [2.24, 2.45) is 11.8 Å². The van der Waals surface area contributed by atoms with Gasteiger partial charge in [0, 0.05) is 6.61 Å². The lowest BCUT2D eigenvalue weighted by atomic mass is 9.86. The minimum atomic E-state index is 0.0125. The monoisotopic (exact) mass is 350 g/mol. The Morgan fingerprint density at radius 2 is 1.60 bits per heavy atom. The van der Waals surface area contributed by atoms with Gasteiger partial charge in [-0.15, -0.1) is 0 Å². The van der Waals surface area contributed by atoms with Gasteiger partial charge in [0.1, 0.15) is 0 Å². The fraction of sp³-hybridized carbons (Fsp3) is 0.864. The van der Waals surface area contributed by atoms with E-state index >= 15 is 0 Å². The second-order valence-corrected chi connectivity index (χ2v) is 8.03. The Morgan fingerprint density at radius 1 is 0.960 bits per heavy atom. The number of hydrogen-bond donors (Lipinski definition) is 0. The molecule has 0 N–H and O–H groups in total. The summed E-state index contributed by atoms with van der Waals surface area (Å²) in [7, 11) is 0. The van der Waals surface area contributed by atoms with Crippen LogP contribution in [-0.4, -0.2) is 25.3 Å². The third-order valence-corrected chi connectivity index (χ3v) is 6.03. The molecule has 0 aromatic heterocycles. The molecule has 2 aliphatic carbocycles. The number of carbonyl (C=O) groups is 1. The van der Waals surface area contributed by atoms with Gasteiger partial charge in [0.05, 0.1) is 18.6 Å². The first kappa shape index (κ1) is 20.5. The minimum Gasteiger partial charge on any atom is -0.465 e. The number of hydrogen-bond acceptors (Lipinski definition) is 3. The summed E-state index contributed by atoms with van der Waals surface area (Å²) in [6.07, 6.45) is 15.3. The molecule has 0 radical (unpaired) electrons. The van der Waals surface area contributed by atoms with Crippen molar-refractivity contribution in [2.75, 3.05) is 13.2 Å². The van der Waals surface area contributed by atoms with Gasteiger partial charge in [-0.1, -0.05) is 31.9 Å². The van der Waals surface area contributed by atoms with E-state index in [1.807, 2.05) is 0 Å². The molecule has 2 saturated carbocycles. The van der Waals surface area contributed by atoms with Crippen LogP contribution < -0.4 is 0 Å². The van der Waals surface area contributed by atoms with Crippen LogP contribution in [0.2, 0.25) is 0 Å². The molecule has 0 aromatic carbocycles. The van der Waals surface area contributed by atoms with E-state index in [4.69, 9.17) is 9.47 Å². The smallest absolute Gasteiger partial charge is 0.308 e. The number of allylic oxidation sites excluding steroid dienone is 1. The fourth-order valence-electron chi connectivity index (χ4n) is 4.07. The Hall–Kier alpha value is -0.830.